The zero-order valence-corrected chi connectivity index (χ0v) is 14.2. The normalized spacial score (nSPS) is 14.1. The zero-order valence-electron chi connectivity index (χ0n) is 14.2. The van der Waals surface area contributed by atoms with E-state index in [4.69, 9.17) is 14.2 Å². The van der Waals surface area contributed by atoms with Gasteiger partial charge in [-0.05, 0) is 37.6 Å². The smallest absolute Gasteiger partial charge is 0.292 e. The summed E-state index contributed by atoms with van der Waals surface area (Å²) < 4.78 is 16.0. The molecule has 130 valence electrons. The van der Waals surface area contributed by atoms with Crippen LogP contribution in [0.5, 0.6) is 11.5 Å². The number of amides is 1. The maximum absolute atomic E-state index is 12.5. The topological polar surface area (TPSA) is 69.2 Å². The van der Waals surface area contributed by atoms with Crippen LogP contribution in [0, 0.1) is 0 Å². The molecule has 6 heteroatoms. The minimum atomic E-state index is -0.314. The van der Waals surface area contributed by atoms with Gasteiger partial charge in [0, 0.05) is 5.56 Å². The molecule has 0 radical (unpaired) electrons. The second kappa shape index (κ2) is 7.70. The van der Waals surface area contributed by atoms with Crippen LogP contribution >= 0.6 is 0 Å². The van der Waals surface area contributed by atoms with Crippen molar-refractivity contribution in [1.29, 1.82) is 0 Å². The number of amidine groups is 1. The predicted molar refractivity (Wildman–Crippen MR) is 93.9 cm³/mol. The minimum Gasteiger partial charge on any atom is -0.465 e. The van der Waals surface area contributed by atoms with Gasteiger partial charge in [0.2, 0.25) is 6.79 Å². The largest absolute Gasteiger partial charge is 0.465 e. The molecule has 1 heterocycles. The number of nitrogens with one attached hydrogen (secondary N) is 1. The molecule has 25 heavy (non-hydrogen) atoms. The summed E-state index contributed by atoms with van der Waals surface area (Å²) in [4.78, 5) is 17.0. The first-order valence-electron chi connectivity index (χ1n) is 8.14. The Morgan fingerprint density at radius 1 is 1.20 bits per heavy atom. The molecule has 1 amide bonds. The molecule has 1 atom stereocenters. The van der Waals surface area contributed by atoms with Gasteiger partial charge in [0.05, 0.1) is 12.6 Å². The van der Waals surface area contributed by atoms with Gasteiger partial charge in [-0.15, -0.1) is 0 Å². The Kier molecular flexibility index (Phi) is 5.18. The Bertz CT molecular complexity index is 774. The molecule has 2 aromatic rings. The Balaban J connectivity index is 1.75. The average Bonchev–Trinajstić information content (AvgIpc) is 3.10. The lowest BCUT2D eigenvalue weighted by Gasteiger charge is -2.13. The third-order valence-corrected chi connectivity index (χ3v) is 3.73. The minimum absolute atomic E-state index is 0.139. The van der Waals surface area contributed by atoms with Gasteiger partial charge in [0.15, 0.2) is 11.5 Å². The van der Waals surface area contributed by atoms with Gasteiger partial charge in [-0.25, -0.2) is 4.99 Å². The van der Waals surface area contributed by atoms with E-state index in [1.165, 1.54) is 0 Å². The lowest BCUT2D eigenvalue weighted by atomic mass is 10.1. The van der Waals surface area contributed by atoms with Gasteiger partial charge in [0.1, 0.15) is 0 Å². The molecule has 0 spiro atoms. The molecular weight excluding hydrogens is 320 g/mol. The number of carbonyl (C=O) groups is 1. The molecule has 1 aliphatic heterocycles. The number of nitrogens with zero attached hydrogens (tertiary/aromatic N) is 1. The molecular formula is C19H20N2O4. The van der Waals surface area contributed by atoms with Crippen molar-refractivity contribution in [3.8, 4) is 11.5 Å². The van der Waals surface area contributed by atoms with Crippen LogP contribution in [0.2, 0.25) is 0 Å². The molecule has 1 N–H and O–H groups in total. The van der Waals surface area contributed by atoms with E-state index in [-0.39, 0.29) is 24.8 Å². The molecule has 0 bridgehead atoms. The number of aliphatic imine (C=N–C) groups is 1. The number of hydrogen-bond donors (Lipinski definition) is 1. The highest BCUT2D eigenvalue weighted by molar-refractivity contribution is 6.04. The number of hydrogen-bond acceptors (Lipinski definition) is 5. The summed E-state index contributed by atoms with van der Waals surface area (Å²) in [6.45, 7) is 4.36. The first-order chi connectivity index (χ1) is 12.2. The van der Waals surface area contributed by atoms with Crippen LogP contribution in [0.3, 0.4) is 0 Å². The van der Waals surface area contributed by atoms with Gasteiger partial charge in [0.25, 0.3) is 11.9 Å². The van der Waals surface area contributed by atoms with Gasteiger partial charge in [-0.3, -0.25) is 10.1 Å². The van der Waals surface area contributed by atoms with Gasteiger partial charge in [-0.1, -0.05) is 30.3 Å². The quantitative estimate of drug-likeness (QED) is 0.685. The van der Waals surface area contributed by atoms with Gasteiger partial charge >= 0.3 is 0 Å². The second-order valence-corrected chi connectivity index (χ2v) is 5.48. The van der Waals surface area contributed by atoms with Crippen molar-refractivity contribution in [2.24, 2.45) is 4.99 Å². The van der Waals surface area contributed by atoms with Crippen molar-refractivity contribution in [2.75, 3.05) is 13.4 Å². The third-order valence-electron chi connectivity index (χ3n) is 3.73. The number of ether oxygens (including phenoxy) is 3. The molecule has 0 fully saturated rings. The fourth-order valence-electron chi connectivity index (χ4n) is 2.43. The molecule has 0 aliphatic carbocycles. The van der Waals surface area contributed by atoms with Crippen LogP contribution in [-0.4, -0.2) is 25.3 Å². The van der Waals surface area contributed by atoms with E-state index in [1.807, 2.05) is 44.2 Å². The summed E-state index contributed by atoms with van der Waals surface area (Å²) >= 11 is 0. The fraction of sp³-hybridized carbons (Fsp3) is 0.263. The van der Waals surface area contributed by atoms with E-state index in [2.05, 4.69) is 10.3 Å². The van der Waals surface area contributed by atoms with E-state index in [0.717, 1.165) is 5.56 Å². The predicted octanol–water partition coefficient (Wildman–Crippen LogP) is 3.30. The number of fused-ring (bicyclic) bond motifs is 1. The zero-order chi connectivity index (χ0) is 17.6. The van der Waals surface area contributed by atoms with E-state index in [9.17, 15) is 4.79 Å². The highest BCUT2D eigenvalue weighted by Gasteiger charge is 2.18. The molecule has 0 unspecified atom stereocenters. The maximum Gasteiger partial charge on any atom is 0.292 e. The summed E-state index contributed by atoms with van der Waals surface area (Å²) in [6.07, 6.45) is 0. The van der Waals surface area contributed by atoms with Crippen LogP contribution in [0.15, 0.2) is 53.5 Å². The first kappa shape index (κ1) is 16.8. The van der Waals surface area contributed by atoms with Crippen LogP contribution in [0.4, 0.5) is 0 Å². The Hall–Kier alpha value is -3.02. The summed E-state index contributed by atoms with van der Waals surface area (Å²) in [5.74, 6) is 0.874. The van der Waals surface area contributed by atoms with Crippen LogP contribution in [-0.2, 0) is 4.74 Å². The van der Waals surface area contributed by atoms with Crippen molar-refractivity contribution < 1.29 is 19.0 Å². The standard InChI is InChI=1S/C19H20N2O4/c1-3-23-19(20-13(2)14-7-5-4-6-8-14)21-18(22)15-9-10-16-17(11-15)25-12-24-16/h4-11,13H,3,12H2,1-2H3,(H,20,21,22)/t13-/m0/s1. The first-order valence-corrected chi connectivity index (χ1v) is 8.14. The molecule has 0 saturated heterocycles. The molecule has 3 rings (SSSR count). The fourth-order valence-corrected chi connectivity index (χ4v) is 2.43. The average molecular weight is 340 g/mol. The van der Waals surface area contributed by atoms with Gasteiger partial charge < -0.3 is 14.2 Å². The number of carbonyl (C=O) groups excluding carboxylic acids is 1. The highest BCUT2D eigenvalue weighted by atomic mass is 16.7. The monoisotopic (exact) mass is 340 g/mol. The van der Waals surface area contributed by atoms with E-state index in [1.54, 1.807) is 18.2 Å². The summed E-state index contributed by atoms with van der Waals surface area (Å²) in [5.41, 5.74) is 1.49. The van der Waals surface area contributed by atoms with Crippen molar-refractivity contribution in [3.63, 3.8) is 0 Å². The van der Waals surface area contributed by atoms with Crippen molar-refractivity contribution in [1.82, 2.24) is 5.32 Å². The summed E-state index contributed by atoms with van der Waals surface area (Å²) in [7, 11) is 0. The Morgan fingerprint density at radius 2 is 1.96 bits per heavy atom. The molecule has 1 aliphatic rings. The Labute approximate surface area is 146 Å². The number of benzene rings is 2. The van der Waals surface area contributed by atoms with E-state index < -0.39 is 0 Å². The third kappa shape index (κ3) is 4.09. The Morgan fingerprint density at radius 3 is 2.72 bits per heavy atom. The molecule has 0 aromatic heterocycles. The summed E-state index contributed by atoms with van der Waals surface area (Å²) in [6, 6.07) is 14.9. The van der Waals surface area contributed by atoms with E-state index in [0.29, 0.717) is 23.7 Å². The lowest BCUT2D eigenvalue weighted by molar-refractivity contribution is 0.0965. The van der Waals surface area contributed by atoms with Crippen molar-refractivity contribution in [3.05, 3.63) is 59.7 Å². The van der Waals surface area contributed by atoms with Crippen LogP contribution in [0.1, 0.15) is 35.8 Å². The lowest BCUT2D eigenvalue weighted by Crippen LogP contribution is -2.33. The van der Waals surface area contributed by atoms with E-state index >= 15 is 0 Å². The highest BCUT2D eigenvalue weighted by Crippen LogP contribution is 2.32. The van der Waals surface area contributed by atoms with Crippen LogP contribution < -0.4 is 14.8 Å². The van der Waals surface area contributed by atoms with Gasteiger partial charge in [-0.2, -0.15) is 0 Å². The maximum atomic E-state index is 12.5. The second-order valence-electron chi connectivity index (χ2n) is 5.48. The molecule has 6 nitrogen and oxygen atoms in total. The molecule has 0 saturated carbocycles. The molecule has 2 aromatic carbocycles. The van der Waals surface area contributed by atoms with Crippen molar-refractivity contribution in [2.45, 2.75) is 19.9 Å². The SMILES string of the molecule is CCOC(=N[C@@H](C)c1ccccc1)NC(=O)c1ccc2c(c1)OCO2. The number of rotatable bonds is 4. The summed E-state index contributed by atoms with van der Waals surface area (Å²) in [5, 5.41) is 2.72. The van der Waals surface area contributed by atoms with Crippen molar-refractivity contribution >= 4 is 11.9 Å². The van der Waals surface area contributed by atoms with Crippen LogP contribution in [0.25, 0.3) is 0 Å².